The molecule has 0 radical (unpaired) electrons. The number of nitrogens with zero attached hydrogens (tertiary/aromatic N) is 4. The molecule has 6 nitrogen and oxygen atoms in total. The van der Waals surface area contributed by atoms with Crippen LogP contribution in [0.4, 0.5) is 0 Å². The molecule has 1 aliphatic heterocycles. The number of aliphatic hydroxyl groups excluding tert-OH is 1. The SMILES string of the molecule is Cc1nn(-c2cccc(CCc3ccc(Cl)cc3)c2)c(C)c1C(=O)N1CCN(CCO)CC1. The van der Waals surface area contributed by atoms with Crippen molar-refractivity contribution < 1.29 is 9.90 Å². The number of halogens is 1. The Morgan fingerprint density at radius 2 is 1.70 bits per heavy atom. The van der Waals surface area contributed by atoms with Crippen molar-refractivity contribution in [3.63, 3.8) is 0 Å². The van der Waals surface area contributed by atoms with Crippen molar-refractivity contribution in [2.45, 2.75) is 26.7 Å². The smallest absolute Gasteiger partial charge is 0.257 e. The molecule has 1 saturated heterocycles. The quantitative estimate of drug-likeness (QED) is 0.577. The lowest BCUT2D eigenvalue weighted by atomic mass is 10.0. The Kier molecular flexibility index (Phi) is 7.48. The van der Waals surface area contributed by atoms with E-state index in [1.54, 1.807) is 0 Å². The maximum Gasteiger partial charge on any atom is 0.257 e. The maximum atomic E-state index is 13.3. The van der Waals surface area contributed by atoms with E-state index >= 15 is 0 Å². The van der Waals surface area contributed by atoms with Crippen molar-refractivity contribution in [1.29, 1.82) is 0 Å². The Bertz CT molecular complexity index is 1100. The molecule has 1 N–H and O–H groups in total. The van der Waals surface area contributed by atoms with E-state index in [0.29, 0.717) is 25.2 Å². The minimum Gasteiger partial charge on any atom is -0.395 e. The zero-order valence-electron chi connectivity index (χ0n) is 19.3. The van der Waals surface area contributed by atoms with Gasteiger partial charge in [0.25, 0.3) is 5.91 Å². The van der Waals surface area contributed by atoms with Gasteiger partial charge in [-0.2, -0.15) is 5.10 Å². The van der Waals surface area contributed by atoms with Gasteiger partial charge in [-0.25, -0.2) is 4.68 Å². The molecule has 0 spiro atoms. The third-order valence-electron chi connectivity index (χ3n) is 6.35. The molecule has 1 aliphatic rings. The van der Waals surface area contributed by atoms with E-state index in [9.17, 15) is 4.79 Å². The summed E-state index contributed by atoms with van der Waals surface area (Å²) in [5, 5.41) is 14.6. The summed E-state index contributed by atoms with van der Waals surface area (Å²) >= 11 is 5.99. The first-order valence-electron chi connectivity index (χ1n) is 11.5. The van der Waals surface area contributed by atoms with Crippen LogP contribution in [0.25, 0.3) is 5.69 Å². The predicted molar refractivity (Wildman–Crippen MR) is 131 cm³/mol. The van der Waals surface area contributed by atoms with Crippen molar-refractivity contribution in [3.8, 4) is 5.69 Å². The number of carbonyl (C=O) groups excluding carboxylic acids is 1. The van der Waals surface area contributed by atoms with Crippen molar-refractivity contribution >= 4 is 17.5 Å². The van der Waals surface area contributed by atoms with Gasteiger partial charge in [0.1, 0.15) is 0 Å². The van der Waals surface area contributed by atoms with Gasteiger partial charge in [-0.3, -0.25) is 9.69 Å². The number of hydrogen-bond acceptors (Lipinski definition) is 4. The number of β-amino-alcohol motifs (C(OH)–C–C–N with tert-alkyl or cyclic N) is 1. The topological polar surface area (TPSA) is 61.6 Å². The first kappa shape index (κ1) is 23.5. The van der Waals surface area contributed by atoms with Crippen LogP contribution in [0.2, 0.25) is 5.02 Å². The van der Waals surface area contributed by atoms with Crippen LogP contribution in [0.1, 0.15) is 32.9 Å². The molecule has 0 aliphatic carbocycles. The molecule has 0 atom stereocenters. The lowest BCUT2D eigenvalue weighted by molar-refractivity contribution is 0.0613. The first-order chi connectivity index (χ1) is 16.0. The minimum absolute atomic E-state index is 0.0405. The predicted octanol–water partition coefficient (Wildman–Crippen LogP) is 3.68. The van der Waals surface area contributed by atoms with Crippen molar-refractivity contribution in [2.24, 2.45) is 0 Å². The van der Waals surface area contributed by atoms with Crippen LogP contribution in [0.3, 0.4) is 0 Å². The van der Waals surface area contributed by atoms with Crippen LogP contribution in [0.15, 0.2) is 48.5 Å². The number of aliphatic hydroxyl groups is 1. The fraction of sp³-hybridized carbons (Fsp3) is 0.385. The lowest BCUT2D eigenvalue weighted by Gasteiger charge is -2.34. The van der Waals surface area contributed by atoms with Crippen LogP contribution in [0.5, 0.6) is 0 Å². The summed E-state index contributed by atoms with van der Waals surface area (Å²) in [6, 6.07) is 16.3. The number of aryl methyl sites for hydroxylation is 3. The summed E-state index contributed by atoms with van der Waals surface area (Å²) in [5.41, 5.74) is 5.76. The van der Waals surface area contributed by atoms with Crippen molar-refractivity contribution in [1.82, 2.24) is 19.6 Å². The highest BCUT2D eigenvalue weighted by Gasteiger charge is 2.27. The molecule has 3 aromatic rings. The number of aromatic nitrogens is 2. The highest BCUT2D eigenvalue weighted by atomic mass is 35.5. The number of amides is 1. The Hall–Kier alpha value is -2.67. The van der Waals surface area contributed by atoms with Crippen molar-refractivity contribution in [2.75, 3.05) is 39.3 Å². The molecular weight excluding hydrogens is 436 g/mol. The maximum absolute atomic E-state index is 13.3. The third kappa shape index (κ3) is 5.46. The van der Waals surface area contributed by atoms with Gasteiger partial charge in [-0.1, -0.05) is 35.9 Å². The van der Waals surface area contributed by atoms with E-state index < -0.39 is 0 Å². The summed E-state index contributed by atoms with van der Waals surface area (Å²) in [4.78, 5) is 17.4. The average Bonchev–Trinajstić information content (AvgIpc) is 3.13. The zero-order valence-corrected chi connectivity index (χ0v) is 20.1. The van der Waals surface area contributed by atoms with Crippen LogP contribution < -0.4 is 0 Å². The highest BCUT2D eigenvalue weighted by molar-refractivity contribution is 6.30. The molecule has 174 valence electrons. The molecule has 2 aromatic carbocycles. The molecule has 1 amide bonds. The van der Waals surface area contributed by atoms with Crippen molar-refractivity contribution in [3.05, 3.63) is 81.6 Å². The molecule has 0 unspecified atom stereocenters. The van der Waals surface area contributed by atoms with Gasteiger partial charge in [0.05, 0.1) is 29.2 Å². The van der Waals surface area contributed by atoms with Gasteiger partial charge in [-0.05, 0) is 62.1 Å². The van der Waals surface area contributed by atoms with E-state index in [0.717, 1.165) is 48.0 Å². The Morgan fingerprint density at radius 3 is 2.39 bits per heavy atom. The Balaban J connectivity index is 1.49. The molecular formula is C26H31ClN4O2. The molecule has 7 heteroatoms. The van der Waals surface area contributed by atoms with Gasteiger partial charge in [0.15, 0.2) is 0 Å². The summed E-state index contributed by atoms with van der Waals surface area (Å²) in [5.74, 6) is 0.0405. The highest BCUT2D eigenvalue weighted by Crippen LogP contribution is 2.22. The van der Waals surface area contributed by atoms with Gasteiger partial charge in [-0.15, -0.1) is 0 Å². The van der Waals surface area contributed by atoms with Gasteiger partial charge >= 0.3 is 0 Å². The molecule has 1 fully saturated rings. The average molecular weight is 467 g/mol. The van der Waals surface area contributed by atoms with E-state index in [1.165, 1.54) is 11.1 Å². The molecule has 2 heterocycles. The lowest BCUT2D eigenvalue weighted by Crippen LogP contribution is -2.49. The molecule has 33 heavy (non-hydrogen) atoms. The van der Waals surface area contributed by atoms with Crippen LogP contribution in [0, 0.1) is 13.8 Å². The monoisotopic (exact) mass is 466 g/mol. The molecule has 0 saturated carbocycles. The van der Waals surface area contributed by atoms with E-state index in [1.807, 2.05) is 47.7 Å². The second kappa shape index (κ2) is 10.5. The Morgan fingerprint density at radius 1 is 1.00 bits per heavy atom. The summed E-state index contributed by atoms with van der Waals surface area (Å²) in [7, 11) is 0. The molecule has 1 aromatic heterocycles. The van der Waals surface area contributed by atoms with Gasteiger partial charge < -0.3 is 10.0 Å². The minimum atomic E-state index is 0.0405. The number of hydrogen-bond donors (Lipinski definition) is 1. The largest absolute Gasteiger partial charge is 0.395 e. The number of piperazine rings is 1. The van der Waals surface area contributed by atoms with Crippen LogP contribution in [-0.4, -0.2) is 69.9 Å². The van der Waals surface area contributed by atoms with Gasteiger partial charge in [0.2, 0.25) is 0 Å². The fourth-order valence-electron chi connectivity index (χ4n) is 4.46. The number of rotatable bonds is 7. The number of carbonyl (C=O) groups is 1. The van der Waals surface area contributed by atoms with Gasteiger partial charge in [0, 0.05) is 37.7 Å². The Labute approximate surface area is 200 Å². The molecule has 0 bridgehead atoms. The fourth-order valence-corrected chi connectivity index (χ4v) is 4.59. The normalized spacial score (nSPS) is 14.6. The molecule has 4 rings (SSSR count). The summed E-state index contributed by atoms with van der Waals surface area (Å²) < 4.78 is 1.89. The second-order valence-electron chi connectivity index (χ2n) is 8.61. The van der Waals surface area contributed by atoms with Crippen LogP contribution >= 0.6 is 11.6 Å². The summed E-state index contributed by atoms with van der Waals surface area (Å²) in [6.45, 7) is 7.59. The summed E-state index contributed by atoms with van der Waals surface area (Å²) in [6.07, 6.45) is 1.85. The first-order valence-corrected chi connectivity index (χ1v) is 11.9. The van der Waals surface area contributed by atoms with Crippen LogP contribution in [-0.2, 0) is 12.8 Å². The van der Waals surface area contributed by atoms with E-state index in [-0.39, 0.29) is 12.5 Å². The second-order valence-corrected chi connectivity index (χ2v) is 9.05. The van der Waals surface area contributed by atoms with E-state index in [4.69, 9.17) is 21.8 Å². The third-order valence-corrected chi connectivity index (χ3v) is 6.60. The number of benzene rings is 2. The standard InChI is InChI=1S/C26H31ClN4O2/c1-19-25(26(33)30-14-12-29(13-15-30)16-17-32)20(2)31(28-19)24-5-3-4-22(18-24)7-6-21-8-10-23(27)11-9-21/h3-5,8-11,18,32H,6-7,12-17H2,1-2H3. The zero-order chi connectivity index (χ0) is 23.4. The van der Waals surface area contributed by atoms with E-state index in [2.05, 4.69) is 29.2 Å².